The Hall–Kier alpha value is -1.46. The summed E-state index contributed by atoms with van der Waals surface area (Å²) < 4.78 is 13.4. The van der Waals surface area contributed by atoms with Gasteiger partial charge in [0.25, 0.3) is 8.32 Å². The Balaban J connectivity index is 2.10. The molecule has 2 aromatic rings. The Morgan fingerprint density at radius 1 is 0.964 bits per heavy atom. The van der Waals surface area contributed by atoms with Gasteiger partial charge < -0.3 is 14.3 Å². The van der Waals surface area contributed by atoms with E-state index < -0.39 is 8.32 Å². The highest BCUT2D eigenvalue weighted by Crippen LogP contribution is 2.39. The van der Waals surface area contributed by atoms with E-state index in [1.54, 1.807) is 0 Å². The highest BCUT2D eigenvalue weighted by molar-refractivity contribution is 6.99. The van der Waals surface area contributed by atoms with Crippen LogP contribution in [0, 0.1) is 0 Å². The summed E-state index contributed by atoms with van der Waals surface area (Å²) >= 11 is 0. The van der Waals surface area contributed by atoms with E-state index in [4.69, 9.17) is 9.16 Å². The standard InChI is InChI=1S/C24H34O3Si/c1-19-15-16-23(22(26-19)17-18-25)27-28(24(2,3)4,20-11-7-5-8-12-20)21-13-9-6-10-14-21/h5-14,19,22-23,25H,15-18H2,1-4H3/t19-,22-,23+/m1/s1. The van der Waals surface area contributed by atoms with Crippen LogP contribution in [0.4, 0.5) is 0 Å². The van der Waals surface area contributed by atoms with Gasteiger partial charge in [-0.3, -0.25) is 0 Å². The van der Waals surface area contributed by atoms with Gasteiger partial charge >= 0.3 is 0 Å². The van der Waals surface area contributed by atoms with E-state index in [0.717, 1.165) is 12.8 Å². The maximum absolute atomic E-state index is 9.59. The predicted octanol–water partition coefficient (Wildman–Crippen LogP) is 3.88. The molecule has 1 aliphatic heterocycles. The van der Waals surface area contributed by atoms with Crippen LogP contribution in [0.2, 0.25) is 5.04 Å². The van der Waals surface area contributed by atoms with E-state index in [1.807, 2.05) is 0 Å². The molecule has 0 aromatic heterocycles. The second kappa shape index (κ2) is 8.91. The topological polar surface area (TPSA) is 38.7 Å². The SMILES string of the molecule is C[C@@H]1CC[C@H](O[Si](c2ccccc2)(c2ccccc2)C(C)(C)C)[C@@H](CCO)O1. The molecule has 0 bridgehead atoms. The summed E-state index contributed by atoms with van der Waals surface area (Å²) in [6, 6.07) is 21.5. The molecule has 28 heavy (non-hydrogen) atoms. The van der Waals surface area contributed by atoms with Crippen molar-refractivity contribution in [2.75, 3.05) is 6.61 Å². The number of aliphatic hydroxyl groups excluding tert-OH is 1. The summed E-state index contributed by atoms with van der Waals surface area (Å²) in [5, 5.41) is 12.1. The second-order valence-electron chi connectivity index (χ2n) is 8.89. The highest BCUT2D eigenvalue weighted by atomic mass is 28.4. The quantitative estimate of drug-likeness (QED) is 0.751. The van der Waals surface area contributed by atoms with Gasteiger partial charge in [0.2, 0.25) is 0 Å². The van der Waals surface area contributed by atoms with Crippen molar-refractivity contribution in [3.05, 3.63) is 60.7 Å². The molecule has 3 atom stereocenters. The van der Waals surface area contributed by atoms with Crippen molar-refractivity contribution < 1.29 is 14.3 Å². The molecule has 4 heteroatoms. The van der Waals surface area contributed by atoms with Crippen LogP contribution in [0.3, 0.4) is 0 Å². The zero-order valence-corrected chi connectivity index (χ0v) is 18.6. The summed E-state index contributed by atoms with van der Waals surface area (Å²) in [4.78, 5) is 0. The van der Waals surface area contributed by atoms with E-state index in [-0.39, 0.29) is 30.0 Å². The largest absolute Gasteiger partial charge is 0.402 e. The van der Waals surface area contributed by atoms with Gasteiger partial charge in [0.1, 0.15) is 0 Å². The Labute approximate surface area is 170 Å². The molecule has 0 saturated carbocycles. The van der Waals surface area contributed by atoms with Crippen molar-refractivity contribution in [3.8, 4) is 0 Å². The number of ether oxygens (including phenoxy) is 1. The molecule has 3 rings (SSSR count). The first-order valence-corrected chi connectivity index (χ1v) is 12.3. The van der Waals surface area contributed by atoms with Crippen LogP contribution in [0.1, 0.15) is 47.0 Å². The van der Waals surface area contributed by atoms with Gasteiger partial charge in [0.05, 0.1) is 18.3 Å². The van der Waals surface area contributed by atoms with Crippen LogP contribution in [-0.2, 0) is 9.16 Å². The Kier molecular flexibility index (Phi) is 6.76. The molecular weight excluding hydrogens is 364 g/mol. The third-order valence-electron chi connectivity index (χ3n) is 5.84. The molecule has 1 aliphatic rings. The van der Waals surface area contributed by atoms with Crippen LogP contribution in [0.5, 0.6) is 0 Å². The Morgan fingerprint density at radius 2 is 1.50 bits per heavy atom. The van der Waals surface area contributed by atoms with Crippen LogP contribution >= 0.6 is 0 Å². The number of hydrogen-bond donors (Lipinski definition) is 1. The number of rotatable bonds is 6. The molecule has 2 aromatic carbocycles. The van der Waals surface area contributed by atoms with Crippen LogP contribution in [-0.4, -0.2) is 38.3 Å². The summed E-state index contributed by atoms with van der Waals surface area (Å²) in [6.07, 6.45) is 2.73. The lowest BCUT2D eigenvalue weighted by atomic mass is 10.00. The molecule has 0 aliphatic carbocycles. The summed E-state index contributed by atoms with van der Waals surface area (Å²) in [7, 11) is -2.59. The van der Waals surface area contributed by atoms with Crippen LogP contribution in [0.15, 0.2) is 60.7 Å². The molecule has 0 unspecified atom stereocenters. The lowest BCUT2D eigenvalue weighted by Gasteiger charge is -2.48. The van der Waals surface area contributed by atoms with Crippen molar-refractivity contribution in [1.82, 2.24) is 0 Å². The Morgan fingerprint density at radius 3 is 1.96 bits per heavy atom. The molecule has 0 amide bonds. The van der Waals surface area contributed by atoms with Crippen molar-refractivity contribution in [3.63, 3.8) is 0 Å². The van der Waals surface area contributed by atoms with E-state index >= 15 is 0 Å². The number of benzene rings is 2. The third-order valence-corrected chi connectivity index (χ3v) is 10.9. The molecule has 0 radical (unpaired) electrons. The van der Waals surface area contributed by atoms with Gasteiger partial charge in [-0.25, -0.2) is 0 Å². The maximum Gasteiger partial charge on any atom is 0.261 e. The minimum Gasteiger partial charge on any atom is -0.402 e. The summed E-state index contributed by atoms with van der Waals surface area (Å²) in [6.45, 7) is 9.13. The predicted molar refractivity (Wildman–Crippen MR) is 118 cm³/mol. The minimum absolute atomic E-state index is 0.00495. The molecule has 3 nitrogen and oxygen atoms in total. The molecule has 1 heterocycles. The zero-order chi connectivity index (χ0) is 20.2. The molecule has 152 valence electrons. The fraction of sp³-hybridized carbons (Fsp3) is 0.500. The van der Waals surface area contributed by atoms with Gasteiger partial charge in [-0.05, 0) is 41.6 Å². The monoisotopic (exact) mass is 398 g/mol. The van der Waals surface area contributed by atoms with Gasteiger partial charge in [0, 0.05) is 6.61 Å². The first-order chi connectivity index (χ1) is 13.4. The van der Waals surface area contributed by atoms with Crippen LogP contribution < -0.4 is 10.4 Å². The van der Waals surface area contributed by atoms with E-state index in [2.05, 4.69) is 88.4 Å². The molecular formula is C24H34O3Si. The van der Waals surface area contributed by atoms with Crippen LogP contribution in [0.25, 0.3) is 0 Å². The smallest absolute Gasteiger partial charge is 0.261 e. The van der Waals surface area contributed by atoms with Gasteiger partial charge in [-0.1, -0.05) is 81.4 Å². The lowest BCUT2D eigenvalue weighted by molar-refractivity contribution is -0.111. The minimum atomic E-state index is -2.59. The zero-order valence-electron chi connectivity index (χ0n) is 17.6. The van der Waals surface area contributed by atoms with Gasteiger partial charge in [0.15, 0.2) is 0 Å². The van der Waals surface area contributed by atoms with Crippen molar-refractivity contribution in [2.45, 2.75) is 70.3 Å². The van der Waals surface area contributed by atoms with Crippen molar-refractivity contribution >= 4 is 18.7 Å². The van der Waals surface area contributed by atoms with Crippen molar-refractivity contribution in [2.24, 2.45) is 0 Å². The average molecular weight is 399 g/mol. The second-order valence-corrected chi connectivity index (χ2v) is 13.1. The van der Waals surface area contributed by atoms with E-state index in [1.165, 1.54) is 10.4 Å². The lowest BCUT2D eigenvalue weighted by Crippen LogP contribution is -2.68. The normalized spacial score (nSPS) is 23.5. The molecule has 0 spiro atoms. The van der Waals surface area contributed by atoms with Gasteiger partial charge in [-0.2, -0.15) is 0 Å². The highest BCUT2D eigenvalue weighted by Gasteiger charge is 2.52. The van der Waals surface area contributed by atoms with Crippen molar-refractivity contribution in [1.29, 1.82) is 0 Å². The Bertz CT molecular complexity index is 687. The summed E-state index contributed by atoms with van der Waals surface area (Å²) in [5.74, 6) is 0. The maximum atomic E-state index is 9.59. The first kappa shape index (κ1) is 21.3. The summed E-state index contributed by atoms with van der Waals surface area (Å²) in [5.41, 5.74) is 0. The van der Waals surface area contributed by atoms with Gasteiger partial charge in [-0.15, -0.1) is 0 Å². The fourth-order valence-electron chi connectivity index (χ4n) is 4.47. The number of aliphatic hydroxyl groups is 1. The fourth-order valence-corrected chi connectivity index (χ4v) is 9.21. The third kappa shape index (κ3) is 4.25. The molecule has 1 saturated heterocycles. The molecule has 1 fully saturated rings. The van der Waals surface area contributed by atoms with E-state index in [9.17, 15) is 5.11 Å². The first-order valence-electron chi connectivity index (χ1n) is 10.4. The van der Waals surface area contributed by atoms with E-state index in [0.29, 0.717) is 6.42 Å². The molecule has 1 N–H and O–H groups in total. The number of hydrogen-bond acceptors (Lipinski definition) is 3. The average Bonchev–Trinajstić information content (AvgIpc) is 2.68.